The minimum absolute atomic E-state index is 0.0332. The molecule has 1 aromatic rings. The lowest BCUT2D eigenvalue weighted by Gasteiger charge is -2.24. The normalized spacial score (nSPS) is 20.6. The lowest BCUT2D eigenvalue weighted by Crippen LogP contribution is -2.40. The highest BCUT2D eigenvalue weighted by Crippen LogP contribution is 2.22. The first-order valence-corrected chi connectivity index (χ1v) is 8.49. The van der Waals surface area contributed by atoms with E-state index in [4.69, 9.17) is 11.6 Å². The summed E-state index contributed by atoms with van der Waals surface area (Å²) in [6.45, 7) is 1.87. The molecule has 2 rings (SSSR count). The van der Waals surface area contributed by atoms with Gasteiger partial charge in [0.15, 0.2) is 9.84 Å². The molecular formula is C13H17ClN2O3S. The van der Waals surface area contributed by atoms with Gasteiger partial charge in [0.2, 0.25) is 0 Å². The van der Waals surface area contributed by atoms with Gasteiger partial charge in [-0.1, -0.05) is 17.7 Å². The third kappa shape index (κ3) is 3.43. The summed E-state index contributed by atoms with van der Waals surface area (Å²) < 4.78 is 22.9. The number of benzene rings is 1. The summed E-state index contributed by atoms with van der Waals surface area (Å²) in [5.74, 6) is 0.178. The molecule has 0 radical (unpaired) electrons. The van der Waals surface area contributed by atoms with Crippen molar-refractivity contribution in [3.05, 3.63) is 28.8 Å². The van der Waals surface area contributed by atoms with Gasteiger partial charge in [-0.15, -0.1) is 0 Å². The van der Waals surface area contributed by atoms with Crippen molar-refractivity contribution in [2.45, 2.75) is 19.4 Å². The molecular weight excluding hydrogens is 300 g/mol. The fourth-order valence-corrected chi connectivity index (χ4v) is 4.13. The van der Waals surface area contributed by atoms with Gasteiger partial charge in [-0.05, 0) is 31.0 Å². The lowest BCUT2D eigenvalue weighted by molar-refractivity contribution is 0.209. The maximum atomic E-state index is 12.2. The number of carbonyl (C=O) groups is 1. The quantitative estimate of drug-likeness (QED) is 0.910. The Hall–Kier alpha value is -1.27. The van der Waals surface area contributed by atoms with Crippen molar-refractivity contribution in [3.63, 3.8) is 0 Å². The third-order valence-corrected chi connectivity index (χ3v) is 5.50. The average Bonchev–Trinajstić information content (AvgIpc) is 2.73. The van der Waals surface area contributed by atoms with Crippen molar-refractivity contribution >= 4 is 33.2 Å². The van der Waals surface area contributed by atoms with Crippen LogP contribution < -0.4 is 5.32 Å². The van der Waals surface area contributed by atoms with Gasteiger partial charge in [-0.3, -0.25) is 0 Å². The summed E-state index contributed by atoms with van der Waals surface area (Å²) >= 11 is 5.90. The highest BCUT2D eigenvalue weighted by Gasteiger charge is 2.32. The Morgan fingerprint density at radius 3 is 2.75 bits per heavy atom. The van der Waals surface area contributed by atoms with Crippen molar-refractivity contribution in [2.24, 2.45) is 0 Å². The zero-order valence-electron chi connectivity index (χ0n) is 11.4. The number of nitrogens with zero attached hydrogens (tertiary/aromatic N) is 1. The monoisotopic (exact) mass is 316 g/mol. The van der Waals surface area contributed by atoms with Crippen molar-refractivity contribution in [2.75, 3.05) is 23.9 Å². The maximum absolute atomic E-state index is 12.2. The van der Waals surface area contributed by atoms with Gasteiger partial charge in [-0.2, -0.15) is 0 Å². The molecule has 1 unspecified atom stereocenters. The molecule has 1 N–H and O–H groups in total. The molecule has 0 aliphatic carbocycles. The molecule has 5 nitrogen and oxygen atoms in total. The van der Waals surface area contributed by atoms with E-state index in [9.17, 15) is 13.2 Å². The van der Waals surface area contributed by atoms with Crippen LogP contribution in [0.3, 0.4) is 0 Å². The smallest absolute Gasteiger partial charge is 0.321 e. The standard InChI is InChI=1S/C13H17ClN2O3S/c1-9-3-4-10(14)7-12(9)15-13(17)16(2)11-5-6-20(18,19)8-11/h3-4,7,11H,5-6,8H2,1-2H3,(H,15,17). The van der Waals surface area contributed by atoms with Crippen LogP contribution in [0, 0.1) is 6.92 Å². The van der Waals surface area contributed by atoms with E-state index in [0.29, 0.717) is 17.1 Å². The van der Waals surface area contributed by atoms with Crippen LogP contribution in [0.25, 0.3) is 0 Å². The third-order valence-electron chi connectivity index (χ3n) is 3.52. The first-order valence-electron chi connectivity index (χ1n) is 6.29. The Balaban J connectivity index is 2.06. The van der Waals surface area contributed by atoms with E-state index in [0.717, 1.165) is 5.56 Å². The summed E-state index contributed by atoms with van der Waals surface area (Å²) in [5.41, 5.74) is 1.53. The molecule has 0 bridgehead atoms. The Bertz CT molecular complexity index is 631. The number of nitrogens with one attached hydrogen (secondary N) is 1. The number of amides is 2. The average molecular weight is 317 g/mol. The highest BCUT2D eigenvalue weighted by atomic mass is 35.5. The van der Waals surface area contributed by atoms with Crippen LogP contribution in [-0.4, -0.2) is 43.9 Å². The number of aryl methyl sites for hydroxylation is 1. The van der Waals surface area contributed by atoms with Gasteiger partial charge in [0.05, 0.1) is 11.5 Å². The van der Waals surface area contributed by atoms with Crippen LogP contribution in [0.5, 0.6) is 0 Å². The first kappa shape index (κ1) is 15.1. The highest BCUT2D eigenvalue weighted by molar-refractivity contribution is 7.91. The molecule has 110 valence electrons. The van der Waals surface area contributed by atoms with E-state index in [-0.39, 0.29) is 23.6 Å². The van der Waals surface area contributed by atoms with E-state index >= 15 is 0 Å². The van der Waals surface area contributed by atoms with Crippen molar-refractivity contribution in [3.8, 4) is 0 Å². The molecule has 7 heteroatoms. The Kier molecular flexibility index (Phi) is 4.25. The number of hydrogen-bond acceptors (Lipinski definition) is 3. The second-order valence-electron chi connectivity index (χ2n) is 5.06. The number of sulfone groups is 1. The Labute approximate surface area is 123 Å². The minimum Gasteiger partial charge on any atom is -0.324 e. The van der Waals surface area contributed by atoms with Gasteiger partial charge in [0.1, 0.15) is 0 Å². The predicted molar refractivity (Wildman–Crippen MR) is 80.0 cm³/mol. The summed E-state index contributed by atoms with van der Waals surface area (Å²) in [6.07, 6.45) is 0.487. The zero-order valence-corrected chi connectivity index (χ0v) is 13.0. The Morgan fingerprint density at radius 2 is 2.15 bits per heavy atom. The minimum atomic E-state index is -3.00. The largest absolute Gasteiger partial charge is 0.324 e. The summed E-state index contributed by atoms with van der Waals surface area (Å²) in [6, 6.07) is 4.66. The SMILES string of the molecule is Cc1ccc(Cl)cc1NC(=O)N(C)C1CCS(=O)(=O)C1. The molecule has 2 amide bonds. The molecule has 1 fully saturated rings. The second-order valence-corrected chi connectivity index (χ2v) is 7.72. The summed E-state index contributed by atoms with van der Waals surface area (Å²) in [5, 5.41) is 3.30. The molecule has 1 saturated heterocycles. The topological polar surface area (TPSA) is 66.5 Å². The number of halogens is 1. The number of anilines is 1. The van der Waals surface area contributed by atoms with Crippen molar-refractivity contribution in [1.82, 2.24) is 4.90 Å². The van der Waals surface area contributed by atoms with Gasteiger partial charge in [-0.25, -0.2) is 13.2 Å². The number of rotatable bonds is 2. The van der Waals surface area contributed by atoms with Crippen molar-refractivity contribution in [1.29, 1.82) is 0 Å². The van der Waals surface area contributed by atoms with E-state index in [1.54, 1.807) is 19.2 Å². The first-order chi connectivity index (χ1) is 9.28. The number of carbonyl (C=O) groups excluding carboxylic acids is 1. The van der Waals surface area contributed by atoms with Crippen LogP contribution in [-0.2, 0) is 9.84 Å². The molecule has 0 saturated carbocycles. The van der Waals surface area contributed by atoms with E-state index in [2.05, 4.69) is 5.32 Å². The van der Waals surface area contributed by atoms with Crippen molar-refractivity contribution < 1.29 is 13.2 Å². The van der Waals surface area contributed by atoms with Crippen LogP contribution in [0.4, 0.5) is 10.5 Å². The lowest BCUT2D eigenvalue weighted by atomic mass is 10.2. The van der Waals surface area contributed by atoms with E-state index in [1.165, 1.54) is 4.90 Å². The molecule has 1 heterocycles. The predicted octanol–water partition coefficient (Wildman–Crippen LogP) is 2.30. The van der Waals surface area contributed by atoms with Gasteiger partial charge in [0, 0.05) is 23.8 Å². The fraction of sp³-hybridized carbons (Fsp3) is 0.462. The van der Waals surface area contributed by atoms with E-state index < -0.39 is 9.84 Å². The van der Waals surface area contributed by atoms with Gasteiger partial charge >= 0.3 is 6.03 Å². The molecule has 1 aromatic carbocycles. The van der Waals surface area contributed by atoms with Crippen LogP contribution in [0.1, 0.15) is 12.0 Å². The van der Waals surface area contributed by atoms with Crippen LogP contribution >= 0.6 is 11.6 Å². The second kappa shape index (κ2) is 5.61. The molecule has 20 heavy (non-hydrogen) atoms. The van der Waals surface area contributed by atoms with E-state index in [1.807, 2.05) is 13.0 Å². The van der Waals surface area contributed by atoms with Gasteiger partial charge in [0.25, 0.3) is 0 Å². The summed E-state index contributed by atoms with van der Waals surface area (Å²) in [7, 11) is -1.39. The maximum Gasteiger partial charge on any atom is 0.321 e. The van der Waals surface area contributed by atoms with Gasteiger partial charge < -0.3 is 10.2 Å². The number of hydrogen-bond donors (Lipinski definition) is 1. The summed E-state index contributed by atoms with van der Waals surface area (Å²) in [4.78, 5) is 13.6. The molecule has 1 aliphatic rings. The molecule has 1 aliphatic heterocycles. The van der Waals surface area contributed by atoms with Crippen LogP contribution in [0.15, 0.2) is 18.2 Å². The molecule has 0 spiro atoms. The molecule has 1 atom stereocenters. The fourth-order valence-electron chi connectivity index (χ4n) is 2.18. The van der Waals surface area contributed by atoms with Crippen LogP contribution in [0.2, 0.25) is 5.02 Å². The molecule has 0 aromatic heterocycles. The zero-order chi connectivity index (χ0) is 14.9. The Morgan fingerprint density at radius 1 is 1.45 bits per heavy atom. The number of urea groups is 1.